The van der Waals surface area contributed by atoms with E-state index in [9.17, 15) is 14.4 Å². The number of pyridine rings is 1. The number of carbonyl (C=O) groups is 3. The van der Waals surface area contributed by atoms with E-state index in [-0.39, 0.29) is 55.6 Å². The molecule has 2 aromatic rings. The fourth-order valence-electron chi connectivity index (χ4n) is 4.61. The Morgan fingerprint density at radius 2 is 1.97 bits per heavy atom. The molecule has 0 saturated carbocycles. The van der Waals surface area contributed by atoms with E-state index in [0.29, 0.717) is 36.4 Å². The molecule has 10 heteroatoms. The number of benzene rings is 1. The molecule has 0 aliphatic carbocycles. The lowest BCUT2D eigenvalue weighted by molar-refractivity contribution is -0.134. The second-order valence-electron chi connectivity index (χ2n) is 9.02. The maximum Gasteiger partial charge on any atom is 0.257 e. The van der Waals surface area contributed by atoms with Gasteiger partial charge >= 0.3 is 0 Å². The van der Waals surface area contributed by atoms with Gasteiger partial charge in [-0.15, -0.1) is 0 Å². The van der Waals surface area contributed by atoms with Gasteiger partial charge in [-0.1, -0.05) is 0 Å². The molecule has 1 fully saturated rings. The van der Waals surface area contributed by atoms with E-state index in [1.807, 2.05) is 12.1 Å². The van der Waals surface area contributed by atoms with E-state index in [4.69, 9.17) is 14.2 Å². The van der Waals surface area contributed by atoms with Crippen molar-refractivity contribution in [3.8, 4) is 5.75 Å². The Labute approximate surface area is 210 Å². The number of nitrogens with one attached hydrogen (secondary N) is 2. The van der Waals surface area contributed by atoms with Crippen LogP contribution in [0.25, 0.3) is 0 Å². The van der Waals surface area contributed by atoms with Gasteiger partial charge in [0, 0.05) is 38.8 Å². The number of hydrogen-bond donors (Lipinski definition) is 2. The first-order chi connectivity index (χ1) is 17.4. The van der Waals surface area contributed by atoms with Gasteiger partial charge in [-0.05, 0) is 55.2 Å². The predicted molar refractivity (Wildman–Crippen MR) is 132 cm³/mol. The smallest absolute Gasteiger partial charge is 0.257 e. The first kappa shape index (κ1) is 25.6. The van der Waals surface area contributed by atoms with Crippen LogP contribution in [0.5, 0.6) is 5.75 Å². The third-order valence-corrected chi connectivity index (χ3v) is 6.47. The SMILES string of the molecule is COCC(=O)Nc1ccc2c(c1)C(=O)N(C)[C@H]1CC[C@H](CC(=O)NCCc3ccncc3)O[C@H]1CO2. The number of likely N-dealkylation sites (N-methyl/N-ethyl adjacent to an activating group) is 1. The maximum atomic E-state index is 13.3. The van der Waals surface area contributed by atoms with Crippen molar-refractivity contribution in [3.63, 3.8) is 0 Å². The van der Waals surface area contributed by atoms with Gasteiger partial charge < -0.3 is 29.7 Å². The van der Waals surface area contributed by atoms with Crippen molar-refractivity contribution in [1.29, 1.82) is 0 Å². The highest BCUT2D eigenvalue weighted by molar-refractivity contribution is 6.00. The predicted octanol–water partition coefficient (Wildman–Crippen LogP) is 1.80. The number of rotatable bonds is 8. The summed E-state index contributed by atoms with van der Waals surface area (Å²) in [5.74, 6) is -0.150. The largest absolute Gasteiger partial charge is 0.490 e. The Balaban J connectivity index is 1.34. The summed E-state index contributed by atoms with van der Waals surface area (Å²) in [5, 5.41) is 5.67. The van der Waals surface area contributed by atoms with Crippen molar-refractivity contribution < 1.29 is 28.6 Å². The molecular formula is C26H32N4O6. The molecule has 0 spiro atoms. The Bertz CT molecular complexity index is 1080. The lowest BCUT2D eigenvalue weighted by Crippen LogP contribution is -2.54. The first-order valence-corrected chi connectivity index (χ1v) is 12.1. The molecule has 1 aromatic carbocycles. The Morgan fingerprint density at radius 1 is 1.17 bits per heavy atom. The minimum atomic E-state index is -0.350. The minimum Gasteiger partial charge on any atom is -0.490 e. The van der Waals surface area contributed by atoms with Gasteiger partial charge in [0.2, 0.25) is 11.8 Å². The number of aromatic nitrogens is 1. The van der Waals surface area contributed by atoms with Gasteiger partial charge in [0.1, 0.15) is 25.1 Å². The summed E-state index contributed by atoms with van der Waals surface area (Å²) < 4.78 is 17.1. The highest BCUT2D eigenvalue weighted by Crippen LogP contribution is 2.32. The van der Waals surface area contributed by atoms with Gasteiger partial charge in [-0.2, -0.15) is 0 Å². The summed E-state index contributed by atoms with van der Waals surface area (Å²) >= 11 is 0. The number of anilines is 1. The highest BCUT2D eigenvalue weighted by atomic mass is 16.5. The molecule has 4 rings (SSSR count). The van der Waals surface area contributed by atoms with Gasteiger partial charge in [-0.3, -0.25) is 19.4 Å². The molecule has 2 aliphatic rings. The average molecular weight is 497 g/mol. The summed E-state index contributed by atoms with van der Waals surface area (Å²) in [4.78, 5) is 43.3. The lowest BCUT2D eigenvalue weighted by Gasteiger charge is -2.42. The summed E-state index contributed by atoms with van der Waals surface area (Å²) in [6.07, 6.45) is 5.25. The third kappa shape index (κ3) is 6.38. The number of carbonyl (C=O) groups excluding carboxylic acids is 3. The maximum absolute atomic E-state index is 13.3. The number of ether oxygens (including phenoxy) is 3. The van der Waals surface area contributed by atoms with Crippen LogP contribution in [0.1, 0.15) is 35.2 Å². The molecule has 10 nitrogen and oxygen atoms in total. The molecule has 1 saturated heterocycles. The lowest BCUT2D eigenvalue weighted by atomic mass is 9.94. The Hall–Kier alpha value is -3.50. The number of methoxy groups -OCH3 is 1. The standard InChI is InChI=1S/C26H32N4O6/c1-30-21-5-4-19(14-24(31)28-12-9-17-7-10-27-11-8-17)36-23(21)15-35-22-6-3-18(13-20(22)26(30)33)29-25(32)16-34-2/h3,6-8,10-11,13,19,21,23H,4-5,9,12,14-16H2,1-2H3,(H,28,31)(H,29,32)/t19-,21+,23+/m1/s1. The van der Waals surface area contributed by atoms with Crippen LogP contribution in [0.15, 0.2) is 42.7 Å². The molecule has 1 aromatic heterocycles. The van der Waals surface area contributed by atoms with Crippen LogP contribution in [0.2, 0.25) is 0 Å². The Kier molecular flexibility index (Phi) is 8.50. The van der Waals surface area contributed by atoms with Crippen LogP contribution in [0, 0.1) is 0 Å². The van der Waals surface area contributed by atoms with Crippen LogP contribution >= 0.6 is 0 Å². The van der Waals surface area contributed by atoms with Crippen molar-refractivity contribution in [2.75, 3.05) is 39.2 Å². The van der Waals surface area contributed by atoms with Crippen LogP contribution in [-0.4, -0.2) is 79.8 Å². The first-order valence-electron chi connectivity index (χ1n) is 12.1. The number of nitrogens with zero attached hydrogens (tertiary/aromatic N) is 2. The molecule has 2 aliphatic heterocycles. The van der Waals surface area contributed by atoms with Crippen LogP contribution in [-0.2, 0) is 25.5 Å². The topological polar surface area (TPSA) is 119 Å². The van der Waals surface area contributed by atoms with Crippen LogP contribution < -0.4 is 15.4 Å². The number of hydrogen-bond acceptors (Lipinski definition) is 7. The normalized spacial score (nSPS) is 21.3. The van der Waals surface area contributed by atoms with Gasteiger partial charge in [0.05, 0.1) is 24.1 Å². The van der Waals surface area contributed by atoms with E-state index in [0.717, 1.165) is 12.0 Å². The van der Waals surface area contributed by atoms with Crippen LogP contribution in [0.3, 0.4) is 0 Å². The second-order valence-corrected chi connectivity index (χ2v) is 9.02. The summed E-state index contributed by atoms with van der Waals surface area (Å²) in [5.41, 5.74) is 1.99. The highest BCUT2D eigenvalue weighted by Gasteiger charge is 2.39. The van der Waals surface area contributed by atoms with Crippen molar-refractivity contribution in [2.24, 2.45) is 0 Å². The molecule has 0 bridgehead atoms. The van der Waals surface area contributed by atoms with E-state index < -0.39 is 0 Å². The molecule has 0 unspecified atom stereocenters. The van der Waals surface area contributed by atoms with Crippen molar-refractivity contribution in [2.45, 2.75) is 43.9 Å². The summed E-state index contributed by atoms with van der Waals surface area (Å²) in [7, 11) is 3.19. The van der Waals surface area contributed by atoms with E-state index >= 15 is 0 Å². The molecule has 3 amide bonds. The summed E-state index contributed by atoms with van der Waals surface area (Å²) in [6.45, 7) is 0.726. The fraction of sp³-hybridized carbons (Fsp3) is 0.462. The van der Waals surface area contributed by atoms with E-state index in [2.05, 4.69) is 15.6 Å². The summed E-state index contributed by atoms with van der Waals surface area (Å²) in [6, 6.07) is 8.65. The average Bonchev–Trinajstić information content (AvgIpc) is 2.87. The van der Waals surface area contributed by atoms with Gasteiger partial charge in [0.25, 0.3) is 5.91 Å². The monoisotopic (exact) mass is 496 g/mol. The number of amides is 3. The van der Waals surface area contributed by atoms with E-state index in [1.54, 1.807) is 42.5 Å². The third-order valence-electron chi connectivity index (χ3n) is 6.47. The zero-order valence-corrected chi connectivity index (χ0v) is 20.6. The molecule has 0 radical (unpaired) electrons. The van der Waals surface area contributed by atoms with Crippen molar-refractivity contribution in [1.82, 2.24) is 15.2 Å². The molecule has 36 heavy (non-hydrogen) atoms. The molecule has 3 atom stereocenters. The molecule has 192 valence electrons. The van der Waals surface area contributed by atoms with Crippen LogP contribution in [0.4, 0.5) is 5.69 Å². The van der Waals surface area contributed by atoms with E-state index in [1.165, 1.54) is 7.11 Å². The zero-order valence-electron chi connectivity index (χ0n) is 20.6. The second kappa shape index (κ2) is 12.0. The zero-order chi connectivity index (χ0) is 25.5. The minimum absolute atomic E-state index is 0.0582. The Morgan fingerprint density at radius 3 is 2.75 bits per heavy atom. The quantitative estimate of drug-likeness (QED) is 0.572. The van der Waals surface area contributed by atoms with Crippen molar-refractivity contribution in [3.05, 3.63) is 53.9 Å². The fourth-order valence-corrected chi connectivity index (χ4v) is 4.61. The molecule has 3 heterocycles. The van der Waals surface area contributed by atoms with Gasteiger partial charge in [-0.25, -0.2) is 0 Å². The van der Waals surface area contributed by atoms with Gasteiger partial charge in [0.15, 0.2) is 0 Å². The molecular weight excluding hydrogens is 464 g/mol. The van der Waals surface area contributed by atoms with Crippen molar-refractivity contribution >= 4 is 23.4 Å². The number of fused-ring (bicyclic) bond motifs is 2. The molecule has 2 N–H and O–H groups in total.